The third kappa shape index (κ3) is 3.69. The molecular weight excluding hydrogens is 317 g/mol. The number of halogens is 2. The van der Waals surface area contributed by atoms with Crippen LogP contribution in [0.3, 0.4) is 0 Å². The summed E-state index contributed by atoms with van der Waals surface area (Å²) in [5, 5.41) is 2.90. The molecule has 3 rings (SSSR count). The van der Waals surface area contributed by atoms with Crippen molar-refractivity contribution in [3.05, 3.63) is 64.4 Å². The molecule has 2 aromatic rings. The van der Waals surface area contributed by atoms with Gasteiger partial charge in [-0.25, -0.2) is 15.2 Å². The summed E-state index contributed by atoms with van der Waals surface area (Å²) in [6, 6.07) is 11.7. The first-order chi connectivity index (χ1) is 11.0. The summed E-state index contributed by atoms with van der Waals surface area (Å²) < 4.78 is 13.0. The Morgan fingerprint density at radius 2 is 1.96 bits per heavy atom. The van der Waals surface area contributed by atoms with Crippen molar-refractivity contribution in [2.75, 3.05) is 5.32 Å². The largest absolute Gasteiger partial charge is 0.323 e. The van der Waals surface area contributed by atoms with E-state index in [1.165, 1.54) is 23.8 Å². The molecule has 4 nitrogen and oxygen atoms in total. The number of hydrogen-bond donors (Lipinski definition) is 3. The van der Waals surface area contributed by atoms with Gasteiger partial charge in [0, 0.05) is 6.04 Å². The van der Waals surface area contributed by atoms with Crippen LogP contribution in [0.2, 0.25) is 5.02 Å². The van der Waals surface area contributed by atoms with Gasteiger partial charge in [0.05, 0.1) is 10.7 Å². The first-order valence-corrected chi connectivity index (χ1v) is 7.74. The average Bonchev–Trinajstić information content (AvgIpc) is 3.01. The highest BCUT2D eigenvalue weighted by atomic mass is 35.5. The lowest BCUT2D eigenvalue weighted by molar-refractivity contribution is -0.117. The van der Waals surface area contributed by atoms with Gasteiger partial charge in [-0.2, -0.15) is 0 Å². The van der Waals surface area contributed by atoms with Crippen molar-refractivity contribution in [3.8, 4) is 0 Å². The summed E-state index contributed by atoms with van der Waals surface area (Å²) in [5.74, 6) is -0.645. The van der Waals surface area contributed by atoms with Gasteiger partial charge in [-0.1, -0.05) is 41.4 Å². The van der Waals surface area contributed by atoms with Crippen LogP contribution in [0.5, 0.6) is 0 Å². The highest BCUT2D eigenvalue weighted by molar-refractivity contribution is 6.33. The summed E-state index contributed by atoms with van der Waals surface area (Å²) in [4.78, 5) is 12.3. The summed E-state index contributed by atoms with van der Waals surface area (Å²) in [5.41, 5.74) is 8.84. The van der Waals surface area contributed by atoms with E-state index in [1.54, 1.807) is 0 Å². The molecule has 0 aliphatic carbocycles. The molecular formula is C17H17ClFN3O. The molecule has 0 aromatic heterocycles. The molecule has 0 saturated carbocycles. The van der Waals surface area contributed by atoms with E-state index in [-0.39, 0.29) is 23.0 Å². The van der Waals surface area contributed by atoms with Gasteiger partial charge >= 0.3 is 0 Å². The Bertz CT molecular complexity index is 720. The van der Waals surface area contributed by atoms with E-state index >= 15 is 0 Å². The molecule has 1 saturated heterocycles. The molecule has 1 amide bonds. The van der Waals surface area contributed by atoms with Crippen LogP contribution < -0.4 is 16.2 Å². The lowest BCUT2D eigenvalue weighted by Gasteiger charge is -2.12. The summed E-state index contributed by atoms with van der Waals surface area (Å²) in [6.07, 6.45) is 0.619. The Morgan fingerprint density at radius 3 is 2.65 bits per heavy atom. The molecule has 120 valence electrons. The molecule has 1 fully saturated rings. The Morgan fingerprint density at radius 1 is 1.22 bits per heavy atom. The minimum absolute atomic E-state index is 0.0649. The van der Waals surface area contributed by atoms with Crippen LogP contribution in [0.4, 0.5) is 10.1 Å². The molecule has 0 bridgehead atoms. The maximum Gasteiger partial charge on any atom is 0.242 e. The summed E-state index contributed by atoms with van der Waals surface area (Å²) >= 11 is 5.93. The van der Waals surface area contributed by atoms with E-state index in [9.17, 15) is 9.18 Å². The first kappa shape index (κ1) is 15.9. The molecule has 1 aliphatic heterocycles. The van der Waals surface area contributed by atoms with Gasteiger partial charge in [-0.05, 0) is 37.1 Å². The van der Waals surface area contributed by atoms with Gasteiger partial charge < -0.3 is 5.32 Å². The fraction of sp³-hybridized carbons (Fsp3) is 0.235. The van der Waals surface area contributed by atoms with E-state index in [0.29, 0.717) is 12.1 Å². The van der Waals surface area contributed by atoms with Crippen molar-refractivity contribution in [3.63, 3.8) is 0 Å². The van der Waals surface area contributed by atoms with Gasteiger partial charge in [0.1, 0.15) is 11.9 Å². The topological polar surface area (TPSA) is 53.2 Å². The highest BCUT2D eigenvalue weighted by Gasteiger charge is 2.30. The van der Waals surface area contributed by atoms with Crippen molar-refractivity contribution in [2.45, 2.75) is 25.4 Å². The van der Waals surface area contributed by atoms with Crippen LogP contribution in [0, 0.1) is 12.7 Å². The van der Waals surface area contributed by atoms with Crippen molar-refractivity contribution < 1.29 is 9.18 Å². The predicted molar refractivity (Wildman–Crippen MR) is 88.6 cm³/mol. The average molecular weight is 334 g/mol. The van der Waals surface area contributed by atoms with Gasteiger partial charge in [0.2, 0.25) is 5.91 Å². The molecule has 23 heavy (non-hydrogen) atoms. The zero-order valence-electron chi connectivity index (χ0n) is 12.6. The van der Waals surface area contributed by atoms with Crippen molar-refractivity contribution in [1.82, 2.24) is 10.9 Å². The van der Waals surface area contributed by atoms with Gasteiger partial charge in [0.25, 0.3) is 0 Å². The predicted octanol–water partition coefficient (Wildman–Crippen LogP) is 3.33. The van der Waals surface area contributed by atoms with E-state index in [1.807, 2.05) is 31.2 Å². The first-order valence-electron chi connectivity index (χ1n) is 7.36. The molecule has 0 spiro atoms. The number of amides is 1. The summed E-state index contributed by atoms with van der Waals surface area (Å²) in [6.45, 7) is 2.03. The quantitative estimate of drug-likeness (QED) is 0.807. The maximum atomic E-state index is 13.0. The van der Waals surface area contributed by atoms with Crippen LogP contribution in [0.15, 0.2) is 42.5 Å². The number of hydrazine groups is 1. The fourth-order valence-electron chi connectivity index (χ4n) is 2.56. The second-order valence-electron chi connectivity index (χ2n) is 5.65. The lowest BCUT2D eigenvalue weighted by Crippen LogP contribution is -2.39. The number of aryl methyl sites for hydroxylation is 1. The van der Waals surface area contributed by atoms with Crippen LogP contribution in [-0.4, -0.2) is 11.9 Å². The van der Waals surface area contributed by atoms with E-state index in [2.05, 4.69) is 16.2 Å². The third-order valence-corrected chi connectivity index (χ3v) is 4.20. The fourth-order valence-corrected chi connectivity index (χ4v) is 2.77. The monoisotopic (exact) mass is 333 g/mol. The van der Waals surface area contributed by atoms with Gasteiger partial charge in [-0.15, -0.1) is 0 Å². The molecule has 1 aliphatic rings. The minimum Gasteiger partial charge on any atom is -0.323 e. The van der Waals surface area contributed by atoms with Crippen LogP contribution in [0.25, 0.3) is 0 Å². The van der Waals surface area contributed by atoms with Gasteiger partial charge in [-0.3, -0.25) is 4.79 Å². The maximum absolute atomic E-state index is 13.0. The van der Waals surface area contributed by atoms with Crippen LogP contribution in [-0.2, 0) is 4.79 Å². The second-order valence-corrected chi connectivity index (χ2v) is 6.06. The lowest BCUT2D eigenvalue weighted by atomic mass is 10.0. The zero-order chi connectivity index (χ0) is 16.4. The van der Waals surface area contributed by atoms with Crippen molar-refractivity contribution >= 4 is 23.2 Å². The van der Waals surface area contributed by atoms with Gasteiger partial charge in [0.15, 0.2) is 0 Å². The number of carbonyl (C=O) groups is 1. The standard InChI is InChI=1S/C17H17ClFN3O/c1-10-2-4-11(5-3-10)15-9-16(22-21-15)17(23)20-14-7-6-12(19)8-13(14)18/h2-8,15-16,21-22H,9H2,1H3,(H,20,23). The molecule has 2 atom stereocenters. The summed E-state index contributed by atoms with van der Waals surface area (Å²) in [7, 11) is 0. The SMILES string of the molecule is Cc1ccc(C2CC(C(=O)Nc3ccc(F)cc3Cl)NN2)cc1. The van der Waals surface area contributed by atoms with Crippen LogP contribution in [0.1, 0.15) is 23.6 Å². The molecule has 1 heterocycles. The molecule has 2 aromatic carbocycles. The number of rotatable bonds is 3. The normalized spacial score (nSPS) is 20.5. The molecule has 3 N–H and O–H groups in total. The van der Waals surface area contributed by atoms with E-state index in [4.69, 9.17) is 11.6 Å². The highest BCUT2D eigenvalue weighted by Crippen LogP contribution is 2.25. The van der Waals surface area contributed by atoms with Crippen molar-refractivity contribution in [1.29, 1.82) is 0 Å². The molecule has 0 radical (unpaired) electrons. The second kappa shape index (κ2) is 6.66. The number of benzene rings is 2. The number of anilines is 1. The Labute approximate surface area is 139 Å². The number of nitrogens with one attached hydrogen (secondary N) is 3. The Hall–Kier alpha value is -1.95. The minimum atomic E-state index is -0.437. The zero-order valence-corrected chi connectivity index (χ0v) is 13.3. The van der Waals surface area contributed by atoms with E-state index in [0.717, 1.165) is 5.56 Å². The number of carbonyl (C=O) groups excluding carboxylic acids is 1. The Kier molecular flexibility index (Phi) is 4.61. The smallest absolute Gasteiger partial charge is 0.242 e. The molecule has 2 unspecified atom stereocenters. The number of hydrogen-bond acceptors (Lipinski definition) is 3. The van der Waals surface area contributed by atoms with Crippen molar-refractivity contribution in [2.24, 2.45) is 0 Å². The van der Waals surface area contributed by atoms with Crippen LogP contribution >= 0.6 is 11.6 Å². The third-order valence-electron chi connectivity index (χ3n) is 3.89. The molecule has 6 heteroatoms. The Balaban J connectivity index is 1.64. The van der Waals surface area contributed by atoms with E-state index < -0.39 is 5.82 Å².